The highest BCUT2D eigenvalue weighted by atomic mass is 35.5. The minimum Gasteiger partial charge on any atom is -0.321 e. The predicted octanol–water partition coefficient (Wildman–Crippen LogP) is 3.65. The minimum absolute atomic E-state index is 0.240. The largest absolute Gasteiger partial charge is 0.435 e. The van der Waals surface area contributed by atoms with Gasteiger partial charge in [-0.1, -0.05) is 17.7 Å². The van der Waals surface area contributed by atoms with Gasteiger partial charge in [-0.2, -0.15) is 18.3 Å². The highest BCUT2D eigenvalue weighted by Crippen LogP contribution is 2.31. The highest BCUT2D eigenvalue weighted by molar-refractivity contribution is 6.34. The molecule has 0 radical (unpaired) electrons. The molecule has 0 fully saturated rings. The van der Waals surface area contributed by atoms with Crippen molar-refractivity contribution in [1.29, 1.82) is 0 Å². The molecule has 8 heteroatoms. The van der Waals surface area contributed by atoms with Gasteiger partial charge in [0.2, 0.25) is 0 Å². The summed E-state index contributed by atoms with van der Waals surface area (Å²) >= 11 is 5.94. The molecule has 0 aliphatic rings. The number of hydrogen-bond acceptors (Lipinski definition) is 2. The minimum atomic E-state index is -4.70. The van der Waals surface area contributed by atoms with Crippen molar-refractivity contribution in [2.24, 2.45) is 7.05 Å². The van der Waals surface area contributed by atoms with Crippen LogP contribution in [0, 0.1) is 6.92 Å². The Balaban J connectivity index is 2.33. The molecule has 2 aromatic rings. The fraction of sp³-hybridized carbons (Fsp3) is 0.231. The normalized spacial score (nSPS) is 11.5. The zero-order valence-electron chi connectivity index (χ0n) is 11.1. The summed E-state index contributed by atoms with van der Waals surface area (Å²) in [5.74, 6) is -0.916. The van der Waals surface area contributed by atoms with Crippen LogP contribution in [0.3, 0.4) is 0 Å². The van der Waals surface area contributed by atoms with Crippen LogP contribution in [0.4, 0.5) is 18.9 Å². The average molecular weight is 318 g/mol. The molecule has 0 saturated heterocycles. The van der Waals surface area contributed by atoms with Gasteiger partial charge in [-0.25, -0.2) is 0 Å². The van der Waals surface area contributed by atoms with Crippen LogP contribution in [0.5, 0.6) is 0 Å². The molecule has 21 heavy (non-hydrogen) atoms. The third-order valence-electron chi connectivity index (χ3n) is 2.71. The quantitative estimate of drug-likeness (QED) is 0.919. The number of carbonyl (C=O) groups excluding carboxylic acids is 1. The number of halogens is 4. The molecule has 1 N–H and O–H groups in total. The molecule has 112 valence electrons. The lowest BCUT2D eigenvalue weighted by atomic mass is 10.2. The van der Waals surface area contributed by atoms with Crippen molar-refractivity contribution in [2.75, 3.05) is 5.32 Å². The van der Waals surface area contributed by atoms with E-state index in [4.69, 9.17) is 11.6 Å². The van der Waals surface area contributed by atoms with Crippen molar-refractivity contribution >= 4 is 23.2 Å². The van der Waals surface area contributed by atoms with Crippen molar-refractivity contribution in [3.8, 4) is 0 Å². The van der Waals surface area contributed by atoms with Gasteiger partial charge in [0.05, 0.1) is 16.3 Å². The summed E-state index contributed by atoms with van der Waals surface area (Å²) < 4.78 is 39.4. The molecule has 0 spiro atoms. The third kappa shape index (κ3) is 3.36. The molecule has 1 heterocycles. The predicted molar refractivity (Wildman–Crippen MR) is 72.4 cm³/mol. The summed E-state index contributed by atoms with van der Waals surface area (Å²) in [6, 6.07) is 4.82. The fourth-order valence-electron chi connectivity index (χ4n) is 1.78. The number of benzene rings is 1. The van der Waals surface area contributed by atoms with Gasteiger partial charge in [-0.3, -0.25) is 9.48 Å². The molecular weight excluding hydrogens is 307 g/mol. The van der Waals surface area contributed by atoms with E-state index in [-0.39, 0.29) is 10.7 Å². The number of nitrogens with zero attached hydrogens (tertiary/aromatic N) is 2. The molecule has 2 rings (SSSR count). The van der Waals surface area contributed by atoms with Crippen LogP contribution in [0.1, 0.15) is 21.6 Å². The molecule has 0 atom stereocenters. The van der Waals surface area contributed by atoms with Crippen molar-refractivity contribution < 1.29 is 18.0 Å². The summed E-state index contributed by atoms with van der Waals surface area (Å²) in [6.45, 7) is 1.81. The van der Waals surface area contributed by atoms with E-state index in [2.05, 4.69) is 10.4 Å². The Morgan fingerprint density at radius 2 is 2.05 bits per heavy atom. The van der Waals surface area contributed by atoms with Crippen molar-refractivity contribution in [1.82, 2.24) is 9.78 Å². The summed E-state index contributed by atoms with van der Waals surface area (Å²) in [5, 5.41) is 5.89. The van der Waals surface area contributed by atoms with E-state index < -0.39 is 23.3 Å². The molecule has 1 aromatic heterocycles. The smallest absolute Gasteiger partial charge is 0.321 e. The SMILES string of the molecule is Cc1ccc(NC(=O)c2cn(C)nc2C(F)(F)F)c(Cl)c1. The maximum atomic E-state index is 12.8. The van der Waals surface area contributed by atoms with Crippen LogP contribution in [-0.4, -0.2) is 15.7 Å². The van der Waals surface area contributed by atoms with Crippen LogP contribution in [0.25, 0.3) is 0 Å². The van der Waals surface area contributed by atoms with Crippen molar-refractivity contribution in [3.05, 3.63) is 46.2 Å². The summed E-state index contributed by atoms with van der Waals surface area (Å²) in [4.78, 5) is 12.0. The lowest BCUT2D eigenvalue weighted by molar-refractivity contribution is -0.141. The van der Waals surface area contributed by atoms with E-state index in [1.807, 2.05) is 0 Å². The molecule has 0 unspecified atom stereocenters. The van der Waals surface area contributed by atoms with E-state index in [1.54, 1.807) is 19.1 Å². The summed E-state index contributed by atoms with van der Waals surface area (Å²) in [5.41, 5.74) is -0.674. The first kappa shape index (κ1) is 15.4. The van der Waals surface area contributed by atoms with Crippen LogP contribution in [-0.2, 0) is 13.2 Å². The number of carbonyl (C=O) groups is 1. The number of nitrogens with one attached hydrogen (secondary N) is 1. The zero-order chi connectivity index (χ0) is 15.8. The molecule has 1 amide bonds. The van der Waals surface area contributed by atoms with Gasteiger partial charge in [0.1, 0.15) is 0 Å². The van der Waals surface area contributed by atoms with Crippen LogP contribution < -0.4 is 5.32 Å². The van der Waals surface area contributed by atoms with E-state index in [9.17, 15) is 18.0 Å². The monoisotopic (exact) mass is 317 g/mol. The van der Waals surface area contributed by atoms with Gasteiger partial charge in [-0.05, 0) is 24.6 Å². The van der Waals surface area contributed by atoms with Crippen LogP contribution in [0.15, 0.2) is 24.4 Å². The summed E-state index contributed by atoms with van der Waals surface area (Å²) in [6.07, 6.45) is -3.69. The summed E-state index contributed by atoms with van der Waals surface area (Å²) in [7, 11) is 1.31. The molecular formula is C13H11ClF3N3O. The topological polar surface area (TPSA) is 46.9 Å². The van der Waals surface area contributed by atoms with Gasteiger partial charge in [-0.15, -0.1) is 0 Å². The van der Waals surface area contributed by atoms with Gasteiger partial charge in [0.25, 0.3) is 5.91 Å². The van der Waals surface area contributed by atoms with E-state index >= 15 is 0 Å². The van der Waals surface area contributed by atoms with E-state index in [0.29, 0.717) is 0 Å². The first-order valence-corrected chi connectivity index (χ1v) is 6.24. The second kappa shape index (κ2) is 5.40. The Kier molecular flexibility index (Phi) is 3.95. The van der Waals surface area contributed by atoms with Crippen LogP contribution in [0.2, 0.25) is 5.02 Å². The van der Waals surface area contributed by atoms with Gasteiger partial charge in [0, 0.05) is 13.2 Å². The molecule has 1 aromatic carbocycles. The maximum absolute atomic E-state index is 12.8. The van der Waals surface area contributed by atoms with Gasteiger partial charge in [0.15, 0.2) is 5.69 Å². The number of hydrogen-bond donors (Lipinski definition) is 1. The number of rotatable bonds is 2. The van der Waals surface area contributed by atoms with Gasteiger partial charge >= 0.3 is 6.18 Å². The van der Waals surface area contributed by atoms with Crippen molar-refractivity contribution in [2.45, 2.75) is 13.1 Å². The first-order valence-electron chi connectivity index (χ1n) is 5.87. The Morgan fingerprint density at radius 1 is 1.38 bits per heavy atom. The number of amides is 1. The number of aromatic nitrogens is 2. The van der Waals surface area contributed by atoms with E-state index in [0.717, 1.165) is 16.4 Å². The second-order valence-electron chi connectivity index (χ2n) is 4.50. The number of anilines is 1. The standard InChI is InChI=1S/C13H11ClF3N3O/c1-7-3-4-10(9(14)5-7)18-12(21)8-6-20(2)19-11(8)13(15,16)17/h3-6H,1-2H3,(H,18,21). The lowest BCUT2D eigenvalue weighted by Gasteiger charge is -2.09. The molecule has 0 saturated carbocycles. The number of aryl methyl sites for hydroxylation is 2. The Bertz CT molecular complexity index is 694. The Hall–Kier alpha value is -2.02. The average Bonchev–Trinajstić information content (AvgIpc) is 2.75. The number of alkyl halides is 3. The third-order valence-corrected chi connectivity index (χ3v) is 3.03. The molecule has 0 aliphatic carbocycles. The highest BCUT2D eigenvalue weighted by Gasteiger charge is 2.39. The zero-order valence-corrected chi connectivity index (χ0v) is 11.9. The molecule has 4 nitrogen and oxygen atoms in total. The molecule has 0 aliphatic heterocycles. The molecule has 0 bridgehead atoms. The van der Waals surface area contributed by atoms with Crippen LogP contribution >= 0.6 is 11.6 Å². The second-order valence-corrected chi connectivity index (χ2v) is 4.91. The van der Waals surface area contributed by atoms with E-state index in [1.165, 1.54) is 13.1 Å². The van der Waals surface area contributed by atoms with Crippen molar-refractivity contribution in [3.63, 3.8) is 0 Å². The Morgan fingerprint density at radius 3 is 2.62 bits per heavy atom. The van der Waals surface area contributed by atoms with Gasteiger partial charge < -0.3 is 5.32 Å². The lowest BCUT2D eigenvalue weighted by Crippen LogP contribution is -2.18. The maximum Gasteiger partial charge on any atom is 0.435 e. The Labute approximate surface area is 123 Å². The first-order chi connectivity index (χ1) is 9.68. The fourth-order valence-corrected chi connectivity index (χ4v) is 2.06.